The minimum absolute atomic E-state index is 0.562. The van der Waals surface area contributed by atoms with E-state index in [0.717, 1.165) is 23.6 Å². The van der Waals surface area contributed by atoms with Gasteiger partial charge in [0.25, 0.3) is 0 Å². The van der Waals surface area contributed by atoms with Crippen LogP contribution < -0.4 is 5.73 Å². The van der Waals surface area contributed by atoms with Gasteiger partial charge < -0.3 is 10.5 Å². The van der Waals surface area contributed by atoms with Gasteiger partial charge in [-0.1, -0.05) is 31.8 Å². The smallest absolute Gasteiger partial charge is 0.139 e. The third kappa shape index (κ3) is 4.08. The highest BCUT2D eigenvalue weighted by atomic mass is 28.3. The van der Waals surface area contributed by atoms with Gasteiger partial charge in [-0.05, 0) is 43.5 Å². The van der Waals surface area contributed by atoms with Crippen LogP contribution in [-0.2, 0) is 11.5 Å². The number of nitrogens with zero attached hydrogens (tertiary/aromatic N) is 2. The molecule has 0 radical (unpaired) electrons. The van der Waals surface area contributed by atoms with E-state index in [0.29, 0.717) is 12.6 Å². The molecule has 0 aliphatic heterocycles. The second-order valence-electron chi connectivity index (χ2n) is 8.10. The number of hydrogen-bond donors (Lipinski definition) is 1. The molecule has 0 amide bonds. The standard InChI is InChI=1S/C19H29N3OSi/c1-14-18(15-7-9-17(20)10-8-15)21-22(19(14)16-5-6-16)13-23-11-12-24(2,3)4/h7-10,16H,5-6,11-13,20H2,1-4H3. The average Bonchev–Trinajstić information content (AvgIpc) is 3.28. The Hall–Kier alpha value is -1.59. The van der Waals surface area contributed by atoms with Crippen molar-refractivity contribution in [3.63, 3.8) is 0 Å². The molecule has 1 aliphatic rings. The van der Waals surface area contributed by atoms with E-state index in [-0.39, 0.29) is 0 Å². The van der Waals surface area contributed by atoms with Gasteiger partial charge >= 0.3 is 0 Å². The molecule has 0 spiro atoms. The molecular formula is C19H29N3OSi. The van der Waals surface area contributed by atoms with Crippen molar-refractivity contribution in [3.8, 4) is 11.3 Å². The molecule has 5 heteroatoms. The van der Waals surface area contributed by atoms with Gasteiger partial charge in [0.05, 0.1) is 5.69 Å². The summed E-state index contributed by atoms with van der Waals surface area (Å²) in [6, 6.07) is 9.18. The highest BCUT2D eigenvalue weighted by molar-refractivity contribution is 6.76. The quantitative estimate of drug-likeness (QED) is 0.453. The van der Waals surface area contributed by atoms with Crippen LogP contribution in [0.5, 0.6) is 0 Å². The number of benzene rings is 1. The van der Waals surface area contributed by atoms with Crippen molar-refractivity contribution >= 4 is 13.8 Å². The molecule has 1 heterocycles. The maximum absolute atomic E-state index is 5.95. The molecular weight excluding hydrogens is 314 g/mol. The van der Waals surface area contributed by atoms with Gasteiger partial charge in [-0.3, -0.25) is 0 Å². The van der Waals surface area contributed by atoms with Crippen LogP contribution in [0.1, 0.15) is 30.0 Å². The monoisotopic (exact) mass is 343 g/mol. The first-order chi connectivity index (χ1) is 11.3. The van der Waals surface area contributed by atoms with Crippen LogP contribution in [0.15, 0.2) is 24.3 Å². The lowest BCUT2D eigenvalue weighted by atomic mass is 10.1. The Bertz CT molecular complexity index is 697. The predicted octanol–water partition coefficient (Wildman–Crippen LogP) is 4.63. The highest BCUT2D eigenvalue weighted by Crippen LogP contribution is 2.43. The summed E-state index contributed by atoms with van der Waals surface area (Å²) < 4.78 is 8.04. The number of rotatable bonds is 7. The Labute approximate surface area is 146 Å². The van der Waals surface area contributed by atoms with E-state index in [9.17, 15) is 0 Å². The first-order valence-corrected chi connectivity index (χ1v) is 12.6. The van der Waals surface area contributed by atoms with Crippen LogP contribution in [0, 0.1) is 6.92 Å². The second kappa shape index (κ2) is 6.73. The van der Waals surface area contributed by atoms with Crippen molar-refractivity contribution in [1.29, 1.82) is 0 Å². The van der Waals surface area contributed by atoms with Crippen LogP contribution in [0.25, 0.3) is 11.3 Å². The zero-order valence-corrected chi connectivity index (χ0v) is 16.3. The fraction of sp³-hybridized carbons (Fsp3) is 0.526. The number of anilines is 1. The van der Waals surface area contributed by atoms with Crippen molar-refractivity contribution in [3.05, 3.63) is 35.5 Å². The summed E-state index contributed by atoms with van der Waals surface area (Å²) in [6.45, 7) is 10.7. The van der Waals surface area contributed by atoms with Crippen molar-refractivity contribution in [1.82, 2.24) is 9.78 Å². The summed E-state index contributed by atoms with van der Waals surface area (Å²) in [5.41, 5.74) is 11.4. The van der Waals surface area contributed by atoms with Crippen molar-refractivity contribution in [2.24, 2.45) is 0 Å². The number of ether oxygens (including phenoxy) is 1. The highest BCUT2D eigenvalue weighted by Gasteiger charge is 2.31. The van der Waals surface area contributed by atoms with Crippen LogP contribution >= 0.6 is 0 Å². The molecule has 1 saturated carbocycles. The molecule has 0 unspecified atom stereocenters. The van der Waals surface area contributed by atoms with Gasteiger partial charge in [0, 0.05) is 37.5 Å². The predicted molar refractivity (Wildman–Crippen MR) is 103 cm³/mol. The molecule has 4 nitrogen and oxygen atoms in total. The Kier molecular flexibility index (Phi) is 4.83. The molecule has 1 aromatic carbocycles. The summed E-state index contributed by atoms with van der Waals surface area (Å²) in [6.07, 6.45) is 2.53. The fourth-order valence-corrected chi connectivity index (χ4v) is 3.74. The number of hydrogen-bond acceptors (Lipinski definition) is 3. The van der Waals surface area contributed by atoms with Gasteiger partial charge in [-0.2, -0.15) is 5.10 Å². The van der Waals surface area contributed by atoms with E-state index in [2.05, 4.69) is 43.4 Å². The molecule has 1 aliphatic carbocycles. The first-order valence-electron chi connectivity index (χ1n) is 8.86. The summed E-state index contributed by atoms with van der Waals surface area (Å²) in [7, 11) is -1.05. The molecule has 130 valence electrons. The minimum atomic E-state index is -1.05. The van der Waals surface area contributed by atoms with E-state index >= 15 is 0 Å². The third-order valence-corrected chi connectivity index (χ3v) is 6.30. The Morgan fingerprint density at radius 1 is 1.21 bits per heavy atom. The maximum atomic E-state index is 5.95. The first kappa shape index (κ1) is 17.2. The average molecular weight is 344 g/mol. The number of nitrogen functional groups attached to an aromatic ring is 1. The van der Waals surface area contributed by atoms with Crippen LogP contribution in [0.4, 0.5) is 5.69 Å². The van der Waals surface area contributed by atoms with E-state index in [1.54, 1.807) is 0 Å². The lowest BCUT2D eigenvalue weighted by Crippen LogP contribution is -2.22. The fourth-order valence-electron chi connectivity index (χ4n) is 2.98. The molecule has 1 fully saturated rings. The Morgan fingerprint density at radius 3 is 2.46 bits per heavy atom. The van der Waals surface area contributed by atoms with Crippen LogP contribution in [-0.4, -0.2) is 24.5 Å². The van der Waals surface area contributed by atoms with Gasteiger partial charge in [-0.15, -0.1) is 0 Å². The lowest BCUT2D eigenvalue weighted by Gasteiger charge is -2.16. The van der Waals surface area contributed by atoms with Gasteiger partial charge in [-0.25, -0.2) is 4.68 Å². The van der Waals surface area contributed by atoms with Crippen molar-refractivity contribution in [2.75, 3.05) is 12.3 Å². The SMILES string of the molecule is Cc1c(-c2ccc(N)cc2)nn(COCC[Si](C)(C)C)c1C1CC1. The molecule has 0 saturated heterocycles. The second-order valence-corrected chi connectivity index (χ2v) is 13.7. The Morgan fingerprint density at radius 2 is 1.88 bits per heavy atom. The maximum Gasteiger partial charge on any atom is 0.139 e. The molecule has 2 N–H and O–H groups in total. The zero-order valence-electron chi connectivity index (χ0n) is 15.3. The topological polar surface area (TPSA) is 53.1 Å². The molecule has 2 aromatic rings. The van der Waals surface area contributed by atoms with Crippen LogP contribution in [0.2, 0.25) is 25.7 Å². The van der Waals surface area contributed by atoms with Crippen molar-refractivity contribution < 1.29 is 4.74 Å². The minimum Gasteiger partial charge on any atom is -0.399 e. The molecule has 24 heavy (non-hydrogen) atoms. The summed E-state index contributed by atoms with van der Waals surface area (Å²) in [5.74, 6) is 0.653. The summed E-state index contributed by atoms with van der Waals surface area (Å²) in [5, 5.41) is 4.87. The number of aromatic nitrogens is 2. The normalized spacial score (nSPS) is 15.0. The Balaban J connectivity index is 1.78. The van der Waals surface area contributed by atoms with Gasteiger partial charge in [0.1, 0.15) is 6.73 Å². The number of nitrogens with two attached hydrogens (primary N) is 1. The summed E-state index contributed by atoms with van der Waals surface area (Å²) in [4.78, 5) is 0. The molecule has 0 bridgehead atoms. The van der Waals surface area contributed by atoms with Gasteiger partial charge in [0.15, 0.2) is 0 Å². The molecule has 3 rings (SSSR count). The van der Waals surface area contributed by atoms with E-state index in [1.807, 2.05) is 12.1 Å². The molecule has 1 aromatic heterocycles. The summed E-state index contributed by atoms with van der Waals surface area (Å²) >= 11 is 0. The van der Waals surface area contributed by atoms with E-state index in [4.69, 9.17) is 15.6 Å². The third-order valence-electron chi connectivity index (χ3n) is 4.60. The zero-order chi connectivity index (χ0) is 17.3. The largest absolute Gasteiger partial charge is 0.399 e. The van der Waals surface area contributed by atoms with E-state index < -0.39 is 8.07 Å². The molecule has 0 atom stereocenters. The van der Waals surface area contributed by atoms with Crippen LogP contribution in [0.3, 0.4) is 0 Å². The lowest BCUT2D eigenvalue weighted by molar-refractivity contribution is 0.0766. The van der Waals surface area contributed by atoms with Crippen molar-refractivity contribution in [2.45, 2.75) is 58.1 Å². The van der Waals surface area contributed by atoms with Gasteiger partial charge in [0.2, 0.25) is 0 Å². The van der Waals surface area contributed by atoms with E-state index in [1.165, 1.54) is 30.1 Å².